The van der Waals surface area contributed by atoms with Crippen LogP contribution in [0.15, 0.2) is 47.3 Å². The van der Waals surface area contributed by atoms with E-state index < -0.39 is 23.2 Å². The van der Waals surface area contributed by atoms with Crippen LogP contribution in [-0.4, -0.2) is 48.4 Å². The van der Waals surface area contributed by atoms with Crippen molar-refractivity contribution in [2.75, 3.05) is 30.9 Å². The van der Waals surface area contributed by atoms with Gasteiger partial charge in [0.15, 0.2) is 6.61 Å². The molecule has 0 saturated carbocycles. The predicted octanol–water partition coefficient (Wildman–Crippen LogP) is 3.77. The van der Waals surface area contributed by atoms with Crippen LogP contribution in [0.5, 0.6) is 5.75 Å². The minimum absolute atomic E-state index is 0.0000334. The first kappa shape index (κ1) is 30.6. The predicted molar refractivity (Wildman–Crippen MR) is 150 cm³/mol. The van der Waals surface area contributed by atoms with Crippen LogP contribution >= 0.6 is 0 Å². The Balaban J connectivity index is 0.00000260. The lowest BCUT2D eigenvalue weighted by atomic mass is 10.1. The van der Waals surface area contributed by atoms with Gasteiger partial charge in [-0.2, -0.15) is 0 Å². The highest BCUT2D eigenvalue weighted by Crippen LogP contribution is 2.36. The highest BCUT2D eigenvalue weighted by molar-refractivity contribution is 6.08. The fourth-order valence-corrected chi connectivity index (χ4v) is 3.76. The van der Waals surface area contributed by atoms with Gasteiger partial charge in [-0.1, -0.05) is 26.0 Å². The van der Waals surface area contributed by atoms with Crippen LogP contribution in [-0.2, 0) is 16.6 Å². The Bertz CT molecular complexity index is 1430. The van der Waals surface area contributed by atoms with Crippen molar-refractivity contribution < 1.29 is 23.5 Å². The largest absolute Gasteiger partial charge is 0.484 e. The minimum Gasteiger partial charge on any atom is -0.484 e. The third kappa shape index (κ3) is 6.81. The Labute approximate surface area is 226 Å². The Kier molecular flexibility index (Phi) is 10.4. The van der Waals surface area contributed by atoms with E-state index in [2.05, 4.69) is 5.32 Å². The number of hydrogen-bond donors (Lipinski definition) is 2. The fourth-order valence-electron chi connectivity index (χ4n) is 3.76. The lowest BCUT2D eigenvalue weighted by molar-refractivity contribution is -0.120. The average Bonchev–Trinajstić information content (AvgIpc) is 2.91. The summed E-state index contributed by atoms with van der Waals surface area (Å²) in [5.41, 5.74) is 5.72. The second-order valence-electron chi connectivity index (χ2n) is 8.60. The van der Waals surface area contributed by atoms with Gasteiger partial charge >= 0.3 is 0 Å². The molecule has 0 radical (unpaired) electrons. The molecule has 208 valence electrons. The van der Waals surface area contributed by atoms with E-state index in [1.807, 2.05) is 13.8 Å². The van der Waals surface area contributed by atoms with Crippen molar-refractivity contribution >= 4 is 41.1 Å². The Hall–Kier alpha value is -4.67. The first-order chi connectivity index (χ1) is 18.5. The molecule has 3 N–H and O–H groups in total. The van der Waals surface area contributed by atoms with Crippen LogP contribution in [0.3, 0.4) is 0 Å². The number of carbonyl (C=O) groups excluding carboxylic acids is 3. The third-order valence-corrected chi connectivity index (χ3v) is 5.61. The number of benzene rings is 2. The molecule has 10 nitrogen and oxygen atoms in total. The van der Waals surface area contributed by atoms with Crippen LogP contribution in [0, 0.1) is 19.7 Å². The molecule has 0 aliphatic carbocycles. The summed E-state index contributed by atoms with van der Waals surface area (Å²) < 4.78 is 21.3. The molecule has 3 aromatic rings. The molecule has 0 saturated heterocycles. The summed E-state index contributed by atoms with van der Waals surface area (Å²) in [5, 5.41) is 2.88. The average molecular weight is 540 g/mol. The number of anilines is 4. The Morgan fingerprint density at radius 1 is 1.13 bits per heavy atom. The van der Waals surface area contributed by atoms with Gasteiger partial charge in [0.25, 0.3) is 17.4 Å². The maximum atomic E-state index is 14.7. The monoisotopic (exact) mass is 539 g/mol. The van der Waals surface area contributed by atoms with Gasteiger partial charge in [-0.15, -0.1) is 0 Å². The van der Waals surface area contributed by atoms with Crippen molar-refractivity contribution in [3.05, 3.63) is 75.3 Å². The zero-order valence-electron chi connectivity index (χ0n) is 23.2. The highest BCUT2D eigenvalue weighted by atomic mass is 19.1. The maximum Gasteiger partial charge on any atom is 0.259 e. The summed E-state index contributed by atoms with van der Waals surface area (Å²) in [5.74, 6) is -1.55. The smallest absolute Gasteiger partial charge is 0.259 e. The van der Waals surface area contributed by atoms with E-state index in [-0.39, 0.29) is 46.4 Å². The lowest BCUT2D eigenvalue weighted by Gasteiger charge is -2.27. The van der Waals surface area contributed by atoms with E-state index in [1.54, 1.807) is 31.2 Å². The Morgan fingerprint density at radius 2 is 1.79 bits per heavy atom. The molecule has 0 bridgehead atoms. The van der Waals surface area contributed by atoms with E-state index in [0.717, 1.165) is 4.90 Å². The molecule has 0 spiro atoms. The van der Waals surface area contributed by atoms with E-state index >= 15 is 0 Å². The molecule has 0 aliphatic heterocycles. The number of aromatic nitrogens is 1. The number of aryl methyl sites for hydroxylation is 1. The summed E-state index contributed by atoms with van der Waals surface area (Å²) in [7, 11) is 4.49. The molecule has 3 amide bonds. The number of primary amides is 1. The summed E-state index contributed by atoms with van der Waals surface area (Å²) in [4.78, 5) is 52.7. The molecule has 3 rings (SSSR count). The summed E-state index contributed by atoms with van der Waals surface area (Å²) in [6.45, 7) is 6.84. The second kappa shape index (κ2) is 13.2. The van der Waals surface area contributed by atoms with Crippen molar-refractivity contribution in [1.82, 2.24) is 9.47 Å². The molecule has 1 aromatic heterocycles. The number of ether oxygens (including phenoxy) is 1. The number of hydrogen-bond acceptors (Lipinski definition) is 6. The molecule has 2 aromatic carbocycles. The third-order valence-electron chi connectivity index (χ3n) is 5.61. The first-order valence-corrected chi connectivity index (χ1v) is 12.2. The number of nitrogens with zero attached hydrogens (tertiary/aromatic N) is 3. The minimum atomic E-state index is -0.682. The van der Waals surface area contributed by atoms with E-state index in [4.69, 9.17) is 10.5 Å². The van der Waals surface area contributed by atoms with Crippen LogP contribution in [0.2, 0.25) is 0 Å². The normalized spacial score (nSPS) is 10.2. The number of pyridine rings is 1. The molecule has 0 aliphatic rings. The zero-order chi connectivity index (χ0) is 29.4. The number of halogens is 1. The first-order valence-electron chi connectivity index (χ1n) is 12.2. The van der Waals surface area contributed by atoms with Crippen LogP contribution in [0.4, 0.5) is 27.3 Å². The quantitative estimate of drug-likeness (QED) is 0.399. The SMILES string of the molecule is CC.Cc1ccc(Nc2c(C(=O)N(C)C)c(N(C=O)c3cccc(OCC(N)=O)c3)c(C)c(=O)n2C)c(F)c1. The van der Waals surface area contributed by atoms with Crippen LogP contribution < -0.4 is 26.2 Å². The van der Waals surface area contributed by atoms with Crippen molar-refractivity contribution in [3.8, 4) is 5.75 Å². The van der Waals surface area contributed by atoms with Crippen molar-refractivity contribution in [2.45, 2.75) is 27.7 Å². The van der Waals surface area contributed by atoms with Crippen molar-refractivity contribution in [3.63, 3.8) is 0 Å². The highest BCUT2D eigenvalue weighted by Gasteiger charge is 2.29. The van der Waals surface area contributed by atoms with Gasteiger partial charge in [0.05, 0.1) is 17.1 Å². The summed E-state index contributed by atoms with van der Waals surface area (Å²) >= 11 is 0. The fraction of sp³-hybridized carbons (Fsp3) is 0.286. The second-order valence-corrected chi connectivity index (χ2v) is 8.60. The van der Waals surface area contributed by atoms with Gasteiger partial charge in [-0.25, -0.2) is 4.39 Å². The topological polar surface area (TPSA) is 127 Å². The van der Waals surface area contributed by atoms with Crippen molar-refractivity contribution in [1.29, 1.82) is 0 Å². The molecule has 0 fully saturated rings. The van der Waals surface area contributed by atoms with Gasteiger partial charge in [-0.3, -0.25) is 28.6 Å². The van der Waals surface area contributed by atoms with Gasteiger partial charge in [0.1, 0.15) is 22.9 Å². The molecule has 39 heavy (non-hydrogen) atoms. The van der Waals surface area contributed by atoms with Gasteiger partial charge in [-0.05, 0) is 43.7 Å². The molecular weight excluding hydrogens is 505 g/mol. The van der Waals surface area contributed by atoms with E-state index in [1.165, 1.54) is 55.7 Å². The van der Waals surface area contributed by atoms with Gasteiger partial charge in [0, 0.05) is 32.8 Å². The van der Waals surface area contributed by atoms with E-state index in [0.29, 0.717) is 12.0 Å². The maximum absolute atomic E-state index is 14.7. The molecule has 0 unspecified atom stereocenters. The molecule has 11 heteroatoms. The number of amides is 3. The molecule has 0 atom stereocenters. The molecule has 1 heterocycles. The number of nitrogens with two attached hydrogens (primary N) is 1. The number of rotatable bonds is 9. The lowest BCUT2D eigenvalue weighted by Crippen LogP contribution is -2.33. The van der Waals surface area contributed by atoms with Crippen LogP contribution in [0.25, 0.3) is 0 Å². The number of nitrogens with one attached hydrogen (secondary N) is 1. The van der Waals surface area contributed by atoms with Gasteiger partial charge in [0.2, 0.25) is 6.41 Å². The zero-order valence-corrected chi connectivity index (χ0v) is 23.2. The van der Waals surface area contributed by atoms with E-state index in [9.17, 15) is 23.6 Å². The standard InChI is InChI=1S/C26H28FN5O5.C2H6/c1-15-9-10-20(19(27)11-15)29-24-22(26(36)30(3)4)23(16(2)25(35)31(24)5)32(14-33)17-7-6-8-18(12-17)37-13-21(28)34;1-2/h6-12,14,29H,13H2,1-5H3,(H2,28,34);1-2H3. The van der Waals surface area contributed by atoms with Crippen LogP contribution in [0.1, 0.15) is 35.3 Å². The van der Waals surface area contributed by atoms with Crippen molar-refractivity contribution in [2.24, 2.45) is 12.8 Å². The van der Waals surface area contributed by atoms with Gasteiger partial charge < -0.3 is 20.7 Å². The summed E-state index contributed by atoms with van der Waals surface area (Å²) in [6.07, 6.45) is 0.456. The molecular formula is C28H34FN5O5. The number of carbonyl (C=O) groups is 3. The Morgan fingerprint density at radius 3 is 2.36 bits per heavy atom. The summed E-state index contributed by atoms with van der Waals surface area (Å²) in [6, 6.07) is 10.7.